The number of hydrogen-bond acceptors (Lipinski definition) is 7. The topological polar surface area (TPSA) is 120 Å². The zero-order valence-corrected chi connectivity index (χ0v) is 16.3. The van der Waals surface area contributed by atoms with E-state index in [1.165, 1.54) is 6.92 Å². The first-order valence-corrected chi connectivity index (χ1v) is 9.21. The van der Waals surface area contributed by atoms with Gasteiger partial charge in [0.2, 0.25) is 5.85 Å². The minimum absolute atomic E-state index is 0.0987. The predicted octanol–water partition coefficient (Wildman–Crippen LogP) is 2.08. The largest absolute Gasteiger partial charge is 0.444 e. The van der Waals surface area contributed by atoms with Gasteiger partial charge in [0.25, 0.3) is 10.1 Å². The molecular weight excluding hydrogens is 340 g/mol. The summed E-state index contributed by atoms with van der Waals surface area (Å²) in [6.07, 6.45) is -1.21. The van der Waals surface area contributed by atoms with E-state index in [0.29, 0.717) is 0 Å². The number of nitrogens with one attached hydrogen (secondary N) is 2. The number of rotatable bonds is 5. The fraction of sp³-hybridized carbons (Fsp3) is 0.857. The van der Waals surface area contributed by atoms with E-state index in [4.69, 9.17) is 13.7 Å². The van der Waals surface area contributed by atoms with Crippen molar-refractivity contribution in [3.63, 3.8) is 0 Å². The number of carbonyl (C=O) groups is 2. The van der Waals surface area contributed by atoms with Crippen molar-refractivity contribution in [3.05, 3.63) is 0 Å². The summed E-state index contributed by atoms with van der Waals surface area (Å²) in [5.41, 5.74) is -1.64. The van der Waals surface area contributed by atoms with E-state index in [1.54, 1.807) is 41.5 Å². The molecule has 0 aromatic rings. The SMILES string of the molecule is CCC(NC(=O)OC(C)(C)C)(NC(=O)OC(C)(C)C)OS(C)(=O)=O. The van der Waals surface area contributed by atoms with Crippen LogP contribution >= 0.6 is 0 Å². The van der Waals surface area contributed by atoms with E-state index in [9.17, 15) is 18.0 Å². The van der Waals surface area contributed by atoms with Crippen LogP contribution in [-0.4, -0.2) is 43.9 Å². The van der Waals surface area contributed by atoms with Gasteiger partial charge in [-0.3, -0.25) is 10.6 Å². The van der Waals surface area contributed by atoms with Crippen LogP contribution in [0.1, 0.15) is 54.9 Å². The molecule has 0 aliphatic rings. The van der Waals surface area contributed by atoms with Gasteiger partial charge in [-0.25, -0.2) is 13.8 Å². The number of hydrogen-bond donors (Lipinski definition) is 2. The second-order valence-corrected chi connectivity index (χ2v) is 8.80. The molecule has 0 spiro atoms. The van der Waals surface area contributed by atoms with Crippen molar-refractivity contribution in [2.24, 2.45) is 0 Å². The maximum absolute atomic E-state index is 12.0. The molecule has 0 atom stereocenters. The molecule has 10 heteroatoms. The third-order valence-corrected chi connectivity index (χ3v) is 2.78. The number of ether oxygens (including phenoxy) is 2. The fourth-order valence-corrected chi connectivity index (χ4v) is 2.22. The second-order valence-electron chi connectivity index (χ2n) is 7.22. The van der Waals surface area contributed by atoms with Gasteiger partial charge in [0.1, 0.15) is 11.2 Å². The van der Waals surface area contributed by atoms with Crippen molar-refractivity contribution >= 4 is 22.3 Å². The Labute approximate surface area is 143 Å². The first kappa shape index (κ1) is 22.4. The Morgan fingerprint density at radius 2 is 1.21 bits per heavy atom. The van der Waals surface area contributed by atoms with E-state index < -0.39 is 39.4 Å². The molecular formula is C14H28N2O7S. The summed E-state index contributed by atoms with van der Waals surface area (Å²) < 4.78 is 38.1. The molecule has 0 aromatic carbocycles. The highest BCUT2D eigenvalue weighted by atomic mass is 32.2. The first-order valence-electron chi connectivity index (χ1n) is 7.40. The van der Waals surface area contributed by atoms with Gasteiger partial charge in [-0.15, -0.1) is 0 Å². The quantitative estimate of drug-likeness (QED) is 0.563. The fourth-order valence-electron chi connectivity index (χ4n) is 1.50. The smallest absolute Gasteiger partial charge is 0.411 e. The molecule has 0 aromatic heterocycles. The molecule has 0 radical (unpaired) electrons. The molecule has 0 bridgehead atoms. The lowest BCUT2D eigenvalue weighted by Crippen LogP contribution is -2.63. The maximum Gasteiger partial charge on any atom is 0.411 e. The van der Waals surface area contributed by atoms with E-state index in [0.717, 1.165) is 6.26 Å². The Balaban J connectivity index is 5.42. The van der Waals surface area contributed by atoms with Crippen molar-refractivity contribution in [2.75, 3.05) is 6.26 Å². The molecule has 2 amide bonds. The Kier molecular flexibility index (Phi) is 7.07. The summed E-state index contributed by atoms with van der Waals surface area (Å²) >= 11 is 0. The van der Waals surface area contributed by atoms with E-state index in [2.05, 4.69) is 10.6 Å². The summed E-state index contributed by atoms with van der Waals surface area (Å²) in [5, 5.41) is 4.47. The highest BCUT2D eigenvalue weighted by Gasteiger charge is 2.39. The van der Waals surface area contributed by atoms with Gasteiger partial charge in [-0.05, 0) is 41.5 Å². The lowest BCUT2D eigenvalue weighted by molar-refractivity contribution is -0.0248. The van der Waals surface area contributed by atoms with Gasteiger partial charge in [-0.1, -0.05) is 6.92 Å². The van der Waals surface area contributed by atoms with Crippen molar-refractivity contribution in [1.82, 2.24) is 10.6 Å². The summed E-state index contributed by atoms with van der Waals surface area (Å²) in [6, 6.07) is 0. The van der Waals surface area contributed by atoms with E-state index in [1.807, 2.05) is 0 Å². The zero-order valence-electron chi connectivity index (χ0n) is 15.5. The molecule has 24 heavy (non-hydrogen) atoms. The average molecular weight is 368 g/mol. The molecule has 9 nitrogen and oxygen atoms in total. The van der Waals surface area contributed by atoms with Crippen LogP contribution in [0.2, 0.25) is 0 Å². The molecule has 2 N–H and O–H groups in total. The standard InChI is InChI=1S/C14H28N2O7S/c1-9-14(23-24(8,19)20,15-10(17)21-12(2,3)4)16-11(18)22-13(5,6)7/h9H2,1-8H3,(H,15,17)(H,16,18). The Morgan fingerprint density at radius 1 is 0.875 bits per heavy atom. The normalized spacial score (nSPS) is 13.2. The van der Waals surface area contributed by atoms with E-state index >= 15 is 0 Å². The Morgan fingerprint density at radius 3 is 1.42 bits per heavy atom. The molecule has 0 heterocycles. The van der Waals surface area contributed by atoms with Gasteiger partial charge in [0.05, 0.1) is 6.26 Å². The highest BCUT2D eigenvalue weighted by Crippen LogP contribution is 2.16. The van der Waals surface area contributed by atoms with Gasteiger partial charge in [-0.2, -0.15) is 8.42 Å². The van der Waals surface area contributed by atoms with Crippen molar-refractivity contribution in [3.8, 4) is 0 Å². The van der Waals surface area contributed by atoms with Gasteiger partial charge in [0, 0.05) is 6.42 Å². The maximum atomic E-state index is 12.0. The number of carbonyl (C=O) groups excluding carboxylic acids is 2. The molecule has 0 aliphatic heterocycles. The highest BCUT2D eigenvalue weighted by molar-refractivity contribution is 7.86. The lowest BCUT2D eigenvalue weighted by Gasteiger charge is -2.34. The van der Waals surface area contributed by atoms with Crippen molar-refractivity contribution in [1.29, 1.82) is 0 Å². The third kappa shape index (κ3) is 10.3. The zero-order chi connectivity index (χ0) is 19.4. The lowest BCUT2D eigenvalue weighted by atomic mass is 10.2. The Bertz CT molecular complexity index is 529. The second kappa shape index (κ2) is 7.56. The van der Waals surface area contributed by atoms with Gasteiger partial charge >= 0.3 is 12.2 Å². The first-order chi connectivity index (χ1) is 10.5. The summed E-state index contributed by atoms with van der Waals surface area (Å²) in [4.78, 5) is 24.0. The van der Waals surface area contributed by atoms with Gasteiger partial charge < -0.3 is 9.47 Å². The number of alkyl carbamates (subject to hydrolysis) is 2. The van der Waals surface area contributed by atoms with Crippen LogP contribution in [0.25, 0.3) is 0 Å². The van der Waals surface area contributed by atoms with Crippen molar-refractivity contribution in [2.45, 2.75) is 71.9 Å². The molecule has 142 valence electrons. The van der Waals surface area contributed by atoms with E-state index in [-0.39, 0.29) is 6.42 Å². The average Bonchev–Trinajstić information content (AvgIpc) is 2.19. The number of amides is 2. The van der Waals surface area contributed by atoms with Crippen LogP contribution in [0, 0.1) is 0 Å². The molecule has 0 fully saturated rings. The molecule has 0 aliphatic carbocycles. The molecule has 0 rings (SSSR count). The van der Waals surface area contributed by atoms with Crippen LogP contribution in [0.4, 0.5) is 9.59 Å². The monoisotopic (exact) mass is 368 g/mol. The van der Waals surface area contributed by atoms with Crippen LogP contribution in [0.15, 0.2) is 0 Å². The van der Waals surface area contributed by atoms with Gasteiger partial charge in [0.15, 0.2) is 0 Å². The van der Waals surface area contributed by atoms with Crippen LogP contribution in [0.3, 0.4) is 0 Å². The third-order valence-electron chi connectivity index (χ3n) is 2.20. The summed E-state index contributed by atoms with van der Waals surface area (Å²) in [6.45, 7) is 11.3. The summed E-state index contributed by atoms with van der Waals surface area (Å²) in [7, 11) is -4.01. The van der Waals surface area contributed by atoms with Crippen molar-refractivity contribution < 1.29 is 31.7 Å². The molecule has 0 unspecified atom stereocenters. The molecule has 0 saturated heterocycles. The molecule has 0 saturated carbocycles. The van der Waals surface area contributed by atoms with Crippen LogP contribution < -0.4 is 10.6 Å². The Hall–Kier alpha value is -1.55. The predicted molar refractivity (Wildman–Crippen MR) is 87.7 cm³/mol. The minimum atomic E-state index is -4.01. The van der Waals surface area contributed by atoms with Crippen LogP contribution in [-0.2, 0) is 23.8 Å². The summed E-state index contributed by atoms with van der Waals surface area (Å²) in [5.74, 6) is -2.03. The minimum Gasteiger partial charge on any atom is -0.444 e. The van der Waals surface area contributed by atoms with Crippen LogP contribution in [0.5, 0.6) is 0 Å².